The second-order valence-corrected chi connectivity index (χ2v) is 8.17. The molecule has 7 heteroatoms. The molecule has 134 valence electrons. The SMILES string of the molecule is NC(c1nsc(N2CCN(CCc3ccc(Cl)cc3)CC2)n1)C1CC1. The summed E-state index contributed by atoms with van der Waals surface area (Å²) < 4.78 is 4.49. The van der Waals surface area contributed by atoms with Crippen LogP contribution < -0.4 is 10.6 Å². The molecular formula is C18H24ClN5S. The van der Waals surface area contributed by atoms with E-state index in [0.29, 0.717) is 5.92 Å². The average Bonchev–Trinajstić information content (AvgIpc) is 3.38. The minimum Gasteiger partial charge on any atom is -0.344 e. The van der Waals surface area contributed by atoms with Gasteiger partial charge in [0.2, 0.25) is 5.13 Å². The fourth-order valence-electron chi connectivity index (χ4n) is 3.26. The van der Waals surface area contributed by atoms with Crippen LogP contribution in [-0.2, 0) is 6.42 Å². The molecule has 1 unspecified atom stereocenters. The van der Waals surface area contributed by atoms with Crippen LogP contribution in [0.5, 0.6) is 0 Å². The Morgan fingerprint density at radius 1 is 1.16 bits per heavy atom. The molecule has 2 aliphatic rings. The van der Waals surface area contributed by atoms with Crippen molar-refractivity contribution in [1.29, 1.82) is 0 Å². The smallest absolute Gasteiger partial charge is 0.205 e. The molecule has 1 aromatic carbocycles. The largest absolute Gasteiger partial charge is 0.344 e. The third kappa shape index (κ3) is 4.31. The van der Waals surface area contributed by atoms with E-state index in [9.17, 15) is 0 Å². The molecule has 2 aromatic rings. The number of rotatable bonds is 6. The highest BCUT2D eigenvalue weighted by molar-refractivity contribution is 7.09. The maximum atomic E-state index is 6.22. The lowest BCUT2D eigenvalue weighted by Gasteiger charge is -2.34. The quantitative estimate of drug-likeness (QED) is 0.838. The summed E-state index contributed by atoms with van der Waals surface area (Å²) >= 11 is 7.44. The first-order valence-electron chi connectivity index (χ1n) is 9.00. The summed E-state index contributed by atoms with van der Waals surface area (Å²) in [6.45, 7) is 5.24. The molecule has 4 rings (SSSR count). The van der Waals surface area contributed by atoms with E-state index in [1.54, 1.807) is 0 Å². The van der Waals surface area contributed by atoms with Crippen molar-refractivity contribution in [2.75, 3.05) is 37.6 Å². The van der Waals surface area contributed by atoms with E-state index in [4.69, 9.17) is 22.3 Å². The standard InChI is InChI=1S/C18H24ClN5S/c19-15-5-1-13(2-6-15)7-8-23-9-11-24(12-10-23)18-21-17(22-25-18)16(20)14-3-4-14/h1-2,5-6,14,16H,3-4,7-12,20H2. The number of hydrogen-bond acceptors (Lipinski definition) is 6. The van der Waals surface area contributed by atoms with Gasteiger partial charge in [0.25, 0.3) is 0 Å². The zero-order chi connectivity index (χ0) is 17.2. The monoisotopic (exact) mass is 377 g/mol. The maximum absolute atomic E-state index is 6.22. The van der Waals surface area contributed by atoms with E-state index in [1.807, 2.05) is 12.1 Å². The molecule has 25 heavy (non-hydrogen) atoms. The molecule has 1 saturated heterocycles. The number of anilines is 1. The van der Waals surface area contributed by atoms with Crippen LogP contribution in [0, 0.1) is 5.92 Å². The Labute approximate surface area is 158 Å². The van der Waals surface area contributed by atoms with Gasteiger partial charge in [0.05, 0.1) is 6.04 Å². The van der Waals surface area contributed by atoms with Gasteiger partial charge in [-0.2, -0.15) is 4.37 Å². The van der Waals surface area contributed by atoms with Crippen LogP contribution in [0.3, 0.4) is 0 Å². The number of benzene rings is 1. The highest BCUT2D eigenvalue weighted by Gasteiger charge is 2.32. The number of aromatic nitrogens is 2. The van der Waals surface area contributed by atoms with E-state index < -0.39 is 0 Å². The van der Waals surface area contributed by atoms with Crippen LogP contribution in [0.4, 0.5) is 5.13 Å². The summed E-state index contributed by atoms with van der Waals surface area (Å²) in [6, 6.07) is 8.20. The average molecular weight is 378 g/mol. The van der Waals surface area contributed by atoms with Gasteiger partial charge >= 0.3 is 0 Å². The van der Waals surface area contributed by atoms with Gasteiger partial charge in [0.15, 0.2) is 5.82 Å². The van der Waals surface area contributed by atoms with Gasteiger partial charge in [-0.1, -0.05) is 23.7 Å². The van der Waals surface area contributed by atoms with Gasteiger partial charge in [0, 0.05) is 49.3 Å². The molecule has 2 fully saturated rings. The lowest BCUT2D eigenvalue weighted by molar-refractivity contribution is 0.261. The van der Waals surface area contributed by atoms with Crippen molar-refractivity contribution in [1.82, 2.24) is 14.3 Å². The minimum atomic E-state index is 0.0330. The number of halogens is 1. The Morgan fingerprint density at radius 3 is 2.56 bits per heavy atom. The van der Waals surface area contributed by atoms with E-state index in [0.717, 1.165) is 55.1 Å². The molecule has 1 aliphatic heterocycles. The summed E-state index contributed by atoms with van der Waals surface area (Å²) in [5.41, 5.74) is 7.56. The van der Waals surface area contributed by atoms with Gasteiger partial charge in [-0.3, -0.25) is 4.90 Å². The van der Waals surface area contributed by atoms with Crippen molar-refractivity contribution in [3.8, 4) is 0 Å². The van der Waals surface area contributed by atoms with Crippen molar-refractivity contribution in [2.45, 2.75) is 25.3 Å². The predicted molar refractivity (Wildman–Crippen MR) is 103 cm³/mol. The molecule has 1 saturated carbocycles. The molecule has 5 nitrogen and oxygen atoms in total. The van der Waals surface area contributed by atoms with Crippen LogP contribution in [0.15, 0.2) is 24.3 Å². The zero-order valence-electron chi connectivity index (χ0n) is 14.3. The highest BCUT2D eigenvalue weighted by Crippen LogP contribution is 2.39. The Hall–Kier alpha value is -1.21. The Bertz CT molecular complexity index is 692. The summed E-state index contributed by atoms with van der Waals surface area (Å²) in [5.74, 6) is 1.44. The summed E-state index contributed by atoms with van der Waals surface area (Å²) in [4.78, 5) is 9.56. The van der Waals surface area contributed by atoms with Crippen LogP contribution >= 0.6 is 23.1 Å². The molecule has 1 aromatic heterocycles. The number of hydrogen-bond donors (Lipinski definition) is 1. The number of piperazine rings is 1. The molecular weight excluding hydrogens is 354 g/mol. The second-order valence-electron chi connectivity index (χ2n) is 7.00. The molecule has 1 atom stereocenters. The van der Waals surface area contributed by atoms with E-state index >= 15 is 0 Å². The fraction of sp³-hybridized carbons (Fsp3) is 0.556. The normalized spacial score (nSPS) is 20.0. The number of nitrogens with two attached hydrogens (primary N) is 1. The summed E-state index contributed by atoms with van der Waals surface area (Å²) in [6.07, 6.45) is 3.51. The van der Waals surface area contributed by atoms with Crippen molar-refractivity contribution < 1.29 is 0 Å². The fourth-order valence-corrected chi connectivity index (χ4v) is 4.15. The minimum absolute atomic E-state index is 0.0330. The molecule has 0 amide bonds. The van der Waals surface area contributed by atoms with Gasteiger partial charge in [-0.25, -0.2) is 4.98 Å². The van der Waals surface area contributed by atoms with Crippen LogP contribution in [0.1, 0.15) is 30.3 Å². The van der Waals surface area contributed by atoms with Crippen molar-refractivity contribution in [3.05, 3.63) is 40.7 Å². The highest BCUT2D eigenvalue weighted by atomic mass is 35.5. The van der Waals surface area contributed by atoms with E-state index in [-0.39, 0.29) is 6.04 Å². The maximum Gasteiger partial charge on any atom is 0.205 e. The first-order valence-corrected chi connectivity index (χ1v) is 10.1. The van der Waals surface area contributed by atoms with Gasteiger partial charge in [-0.15, -0.1) is 0 Å². The molecule has 2 N–H and O–H groups in total. The molecule has 1 aliphatic carbocycles. The Morgan fingerprint density at radius 2 is 1.88 bits per heavy atom. The van der Waals surface area contributed by atoms with Crippen LogP contribution in [-0.4, -0.2) is 47.0 Å². The first kappa shape index (κ1) is 17.2. The molecule has 2 heterocycles. The zero-order valence-corrected chi connectivity index (χ0v) is 15.8. The Kier molecular flexibility index (Phi) is 5.22. The van der Waals surface area contributed by atoms with Crippen molar-refractivity contribution in [2.24, 2.45) is 11.7 Å². The van der Waals surface area contributed by atoms with Crippen molar-refractivity contribution >= 4 is 28.3 Å². The van der Waals surface area contributed by atoms with Gasteiger partial charge < -0.3 is 10.6 Å². The lowest BCUT2D eigenvalue weighted by atomic mass is 10.1. The first-order chi connectivity index (χ1) is 12.2. The Balaban J connectivity index is 1.26. The van der Waals surface area contributed by atoms with Crippen LogP contribution in [0.25, 0.3) is 0 Å². The van der Waals surface area contributed by atoms with Gasteiger partial charge in [-0.05, 0) is 42.9 Å². The topological polar surface area (TPSA) is 58.3 Å². The predicted octanol–water partition coefficient (Wildman–Crippen LogP) is 2.97. The molecule has 0 bridgehead atoms. The lowest BCUT2D eigenvalue weighted by Crippen LogP contribution is -2.47. The number of nitrogens with zero attached hydrogens (tertiary/aromatic N) is 4. The summed E-state index contributed by atoms with van der Waals surface area (Å²) in [7, 11) is 0. The van der Waals surface area contributed by atoms with Gasteiger partial charge in [0.1, 0.15) is 0 Å². The molecule has 0 radical (unpaired) electrons. The van der Waals surface area contributed by atoms with Crippen LogP contribution in [0.2, 0.25) is 5.02 Å². The third-order valence-corrected chi connectivity index (χ3v) is 6.17. The van der Waals surface area contributed by atoms with E-state index in [2.05, 4.69) is 26.3 Å². The van der Waals surface area contributed by atoms with E-state index in [1.165, 1.54) is 29.9 Å². The molecule has 0 spiro atoms. The second kappa shape index (κ2) is 7.58. The van der Waals surface area contributed by atoms with Crippen molar-refractivity contribution in [3.63, 3.8) is 0 Å². The summed E-state index contributed by atoms with van der Waals surface area (Å²) in [5, 5.41) is 1.83. The third-order valence-electron chi connectivity index (χ3n) is 5.13.